The van der Waals surface area contributed by atoms with Crippen molar-refractivity contribution in [2.75, 3.05) is 26.2 Å². The molecule has 3 aliphatic rings. The van der Waals surface area contributed by atoms with Crippen molar-refractivity contribution < 1.29 is 13.5 Å². The Labute approximate surface area is 121 Å². The van der Waals surface area contributed by atoms with E-state index in [4.69, 9.17) is 5.11 Å². The lowest BCUT2D eigenvalue weighted by Crippen LogP contribution is -2.46. The Morgan fingerprint density at radius 1 is 1.05 bits per heavy atom. The van der Waals surface area contributed by atoms with Gasteiger partial charge in [-0.15, -0.1) is 0 Å². The fourth-order valence-corrected chi connectivity index (χ4v) is 4.67. The highest BCUT2D eigenvalue weighted by Gasteiger charge is 2.42. The largest absolute Gasteiger partial charge is 0.396 e. The molecule has 0 unspecified atom stereocenters. The van der Waals surface area contributed by atoms with E-state index in [-0.39, 0.29) is 12.5 Å². The normalized spacial score (nSPS) is 26.3. The molecule has 2 saturated carbocycles. The number of hydrogen-bond donors (Lipinski definition) is 2. The van der Waals surface area contributed by atoms with Crippen LogP contribution in [-0.2, 0) is 10.2 Å². The van der Waals surface area contributed by atoms with E-state index in [2.05, 4.69) is 4.72 Å². The molecule has 2 N–H and O–H groups in total. The number of aliphatic hydroxyl groups is 1. The molecular formula is C14H26N2O3S. The Balaban J connectivity index is 1.50. The molecule has 1 saturated heterocycles. The van der Waals surface area contributed by atoms with Crippen LogP contribution in [0, 0.1) is 23.7 Å². The third kappa shape index (κ3) is 3.53. The maximum Gasteiger partial charge on any atom is 0.279 e. The molecule has 20 heavy (non-hydrogen) atoms. The van der Waals surface area contributed by atoms with Crippen molar-refractivity contribution in [1.82, 2.24) is 9.03 Å². The summed E-state index contributed by atoms with van der Waals surface area (Å²) in [6.45, 7) is 1.88. The summed E-state index contributed by atoms with van der Waals surface area (Å²) < 4.78 is 29.0. The van der Waals surface area contributed by atoms with Gasteiger partial charge < -0.3 is 5.11 Å². The molecule has 5 nitrogen and oxygen atoms in total. The molecule has 6 heteroatoms. The fraction of sp³-hybridized carbons (Fsp3) is 1.00. The monoisotopic (exact) mass is 302 g/mol. The van der Waals surface area contributed by atoms with Gasteiger partial charge >= 0.3 is 0 Å². The number of nitrogens with zero attached hydrogens (tertiary/aromatic N) is 1. The lowest BCUT2D eigenvalue weighted by atomic mass is 9.99. The van der Waals surface area contributed by atoms with Gasteiger partial charge in [-0.25, -0.2) is 4.72 Å². The van der Waals surface area contributed by atoms with Gasteiger partial charge in [0.25, 0.3) is 10.2 Å². The van der Waals surface area contributed by atoms with Crippen molar-refractivity contribution in [3.8, 4) is 0 Å². The molecule has 3 fully saturated rings. The summed E-state index contributed by atoms with van der Waals surface area (Å²) in [5.41, 5.74) is 0. The number of rotatable bonds is 7. The minimum absolute atomic E-state index is 0.173. The van der Waals surface area contributed by atoms with E-state index in [1.807, 2.05) is 0 Å². The first kappa shape index (κ1) is 14.8. The second kappa shape index (κ2) is 5.91. The molecule has 0 radical (unpaired) electrons. The Morgan fingerprint density at radius 2 is 1.60 bits per heavy atom. The standard InChI is InChI=1S/C14H26N2O3S/c17-10-11-5-7-16(8-6-11)20(18,19)15-9-14(12-1-2-12)13-3-4-13/h11-15,17H,1-10H2. The molecule has 0 amide bonds. The van der Waals surface area contributed by atoms with Gasteiger partial charge in [-0.3, -0.25) is 0 Å². The molecular weight excluding hydrogens is 276 g/mol. The summed E-state index contributed by atoms with van der Waals surface area (Å²) in [5.74, 6) is 2.38. The van der Waals surface area contributed by atoms with Gasteiger partial charge in [-0.1, -0.05) is 0 Å². The maximum absolute atomic E-state index is 12.3. The topological polar surface area (TPSA) is 69.6 Å². The molecule has 1 heterocycles. The van der Waals surface area contributed by atoms with Gasteiger partial charge in [0.05, 0.1) is 0 Å². The molecule has 0 aromatic carbocycles. The quantitative estimate of drug-likeness (QED) is 0.736. The lowest BCUT2D eigenvalue weighted by Gasteiger charge is -2.30. The molecule has 0 bridgehead atoms. The number of nitrogens with one attached hydrogen (secondary N) is 1. The third-order valence-corrected chi connectivity index (χ3v) is 6.70. The molecule has 0 spiro atoms. The van der Waals surface area contributed by atoms with E-state index < -0.39 is 10.2 Å². The van der Waals surface area contributed by atoms with Crippen molar-refractivity contribution in [2.45, 2.75) is 38.5 Å². The van der Waals surface area contributed by atoms with Crippen LogP contribution in [0.2, 0.25) is 0 Å². The van der Waals surface area contributed by atoms with Gasteiger partial charge in [0.1, 0.15) is 0 Å². The zero-order chi connectivity index (χ0) is 14.2. The summed E-state index contributed by atoms with van der Waals surface area (Å²) in [7, 11) is -3.32. The van der Waals surface area contributed by atoms with Crippen LogP contribution in [-0.4, -0.2) is 44.1 Å². The molecule has 0 aromatic heterocycles. The van der Waals surface area contributed by atoms with Crippen LogP contribution in [0.25, 0.3) is 0 Å². The molecule has 0 aromatic rings. The summed E-state index contributed by atoms with van der Waals surface area (Å²) in [6, 6.07) is 0. The smallest absolute Gasteiger partial charge is 0.279 e. The van der Waals surface area contributed by atoms with Crippen molar-refractivity contribution in [3.05, 3.63) is 0 Å². The van der Waals surface area contributed by atoms with E-state index in [1.54, 1.807) is 4.31 Å². The van der Waals surface area contributed by atoms with Crippen molar-refractivity contribution >= 4 is 10.2 Å². The highest BCUT2D eigenvalue weighted by atomic mass is 32.2. The van der Waals surface area contributed by atoms with E-state index in [1.165, 1.54) is 25.7 Å². The van der Waals surface area contributed by atoms with E-state index >= 15 is 0 Å². The first-order valence-corrected chi connectivity index (χ1v) is 9.39. The van der Waals surface area contributed by atoms with Crippen molar-refractivity contribution in [3.63, 3.8) is 0 Å². The van der Waals surface area contributed by atoms with Crippen LogP contribution >= 0.6 is 0 Å². The van der Waals surface area contributed by atoms with Crippen LogP contribution in [0.4, 0.5) is 0 Å². The Bertz CT molecular complexity index is 412. The van der Waals surface area contributed by atoms with Gasteiger partial charge in [-0.05, 0) is 62.2 Å². The van der Waals surface area contributed by atoms with E-state index in [0.717, 1.165) is 24.7 Å². The van der Waals surface area contributed by atoms with Crippen LogP contribution < -0.4 is 4.72 Å². The maximum atomic E-state index is 12.3. The van der Waals surface area contributed by atoms with Gasteiger partial charge in [0, 0.05) is 26.2 Å². The predicted molar refractivity (Wildman–Crippen MR) is 77.2 cm³/mol. The first-order chi connectivity index (χ1) is 9.60. The van der Waals surface area contributed by atoms with Gasteiger partial charge in [0.2, 0.25) is 0 Å². The number of hydrogen-bond acceptors (Lipinski definition) is 3. The highest BCUT2D eigenvalue weighted by molar-refractivity contribution is 7.87. The van der Waals surface area contributed by atoms with Crippen LogP contribution in [0.3, 0.4) is 0 Å². The average Bonchev–Trinajstić information content (AvgIpc) is 3.32. The second-order valence-electron chi connectivity index (χ2n) is 6.72. The van der Waals surface area contributed by atoms with E-state index in [0.29, 0.717) is 25.6 Å². The Morgan fingerprint density at radius 3 is 2.05 bits per heavy atom. The minimum Gasteiger partial charge on any atom is -0.396 e. The van der Waals surface area contributed by atoms with Crippen molar-refractivity contribution in [1.29, 1.82) is 0 Å². The third-order valence-electron chi connectivity index (χ3n) is 5.13. The Hall–Kier alpha value is -0.170. The zero-order valence-corrected chi connectivity index (χ0v) is 12.8. The molecule has 116 valence electrons. The van der Waals surface area contributed by atoms with Gasteiger partial charge in [-0.2, -0.15) is 12.7 Å². The molecule has 3 rings (SSSR count). The summed E-state index contributed by atoms with van der Waals surface area (Å²) in [6.07, 6.45) is 6.67. The SMILES string of the molecule is O=S(=O)(NCC(C1CC1)C1CC1)N1CCC(CO)CC1. The molecule has 0 atom stereocenters. The predicted octanol–water partition coefficient (Wildman–Crippen LogP) is 0.961. The summed E-state index contributed by atoms with van der Waals surface area (Å²) in [4.78, 5) is 0. The lowest BCUT2D eigenvalue weighted by molar-refractivity contribution is 0.169. The van der Waals surface area contributed by atoms with Crippen LogP contribution in [0.15, 0.2) is 0 Å². The fourth-order valence-electron chi connectivity index (χ4n) is 3.39. The zero-order valence-electron chi connectivity index (χ0n) is 12.0. The van der Waals surface area contributed by atoms with Crippen LogP contribution in [0.5, 0.6) is 0 Å². The van der Waals surface area contributed by atoms with Crippen LogP contribution in [0.1, 0.15) is 38.5 Å². The highest BCUT2D eigenvalue weighted by Crippen LogP contribution is 2.48. The summed E-state index contributed by atoms with van der Waals surface area (Å²) in [5, 5.41) is 9.11. The first-order valence-electron chi connectivity index (χ1n) is 7.95. The average molecular weight is 302 g/mol. The molecule has 1 aliphatic heterocycles. The number of piperidine rings is 1. The van der Waals surface area contributed by atoms with E-state index in [9.17, 15) is 8.42 Å². The second-order valence-corrected chi connectivity index (χ2v) is 8.47. The van der Waals surface area contributed by atoms with Gasteiger partial charge in [0.15, 0.2) is 0 Å². The summed E-state index contributed by atoms with van der Waals surface area (Å²) >= 11 is 0. The Kier molecular flexibility index (Phi) is 4.36. The minimum atomic E-state index is -3.32. The molecule has 2 aliphatic carbocycles. The van der Waals surface area contributed by atoms with Crippen molar-refractivity contribution in [2.24, 2.45) is 23.7 Å². The number of aliphatic hydroxyl groups excluding tert-OH is 1.